The van der Waals surface area contributed by atoms with Gasteiger partial charge in [0.05, 0.1) is 5.02 Å². The summed E-state index contributed by atoms with van der Waals surface area (Å²) >= 11 is 5.95. The van der Waals surface area contributed by atoms with Crippen LogP contribution in [0, 0.1) is 5.82 Å². The van der Waals surface area contributed by atoms with Crippen LogP contribution in [0.4, 0.5) is 4.39 Å². The highest BCUT2D eigenvalue weighted by Gasteiger charge is 2.16. The van der Waals surface area contributed by atoms with Crippen molar-refractivity contribution in [1.82, 2.24) is 0 Å². The van der Waals surface area contributed by atoms with Gasteiger partial charge >= 0.3 is 0 Å². The molecule has 0 aliphatic carbocycles. The molecule has 0 bridgehead atoms. The second kappa shape index (κ2) is 5.38. The van der Waals surface area contributed by atoms with Crippen molar-refractivity contribution in [3.8, 4) is 11.5 Å². The molecule has 2 rings (SSSR count). The van der Waals surface area contributed by atoms with E-state index in [1.54, 1.807) is 43.3 Å². The van der Waals surface area contributed by atoms with Gasteiger partial charge in [-0.15, -0.1) is 0 Å². The summed E-state index contributed by atoms with van der Waals surface area (Å²) in [6, 6.07) is 11.7. The van der Waals surface area contributed by atoms with Crippen molar-refractivity contribution in [3.63, 3.8) is 0 Å². The lowest BCUT2D eigenvalue weighted by atomic mass is 10.1. The predicted octanol–water partition coefficient (Wildman–Crippen LogP) is 4.29. The zero-order valence-electron chi connectivity index (χ0n) is 9.86. The van der Waals surface area contributed by atoms with Crippen molar-refractivity contribution in [3.05, 3.63) is 58.9 Å². The molecule has 2 nitrogen and oxygen atoms in total. The summed E-state index contributed by atoms with van der Waals surface area (Å²) in [6.07, 6.45) is 0. The summed E-state index contributed by atoms with van der Waals surface area (Å²) in [6.45, 7) is 1.71. The Balaban J connectivity index is 2.41. The first-order chi connectivity index (χ1) is 8.59. The fourth-order valence-corrected chi connectivity index (χ4v) is 1.78. The molecule has 1 atom stereocenters. The third-order valence-corrected chi connectivity index (χ3v) is 2.83. The molecule has 18 heavy (non-hydrogen) atoms. The number of nitrogens with two attached hydrogens (primary N) is 1. The second-order valence-corrected chi connectivity index (χ2v) is 4.39. The van der Waals surface area contributed by atoms with Gasteiger partial charge in [-0.05, 0) is 25.1 Å². The fourth-order valence-electron chi connectivity index (χ4n) is 1.60. The SMILES string of the molecule is C[C@@H](N)c1ccc(Cl)c(Oc2ccccc2)c1F. The minimum atomic E-state index is -0.513. The molecule has 2 aromatic rings. The molecule has 0 amide bonds. The molecular weight excluding hydrogens is 253 g/mol. The summed E-state index contributed by atoms with van der Waals surface area (Å²) in [5, 5.41) is 0.223. The number of para-hydroxylation sites is 1. The van der Waals surface area contributed by atoms with Gasteiger partial charge in [0.25, 0.3) is 0 Å². The van der Waals surface area contributed by atoms with Crippen LogP contribution in [-0.4, -0.2) is 0 Å². The Kier molecular flexibility index (Phi) is 3.84. The van der Waals surface area contributed by atoms with Gasteiger partial charge in [-0.3, -0.25) is 0 Å². The summed E-state index contributed by atoms with van der Waals surface area (Å²) in [5.74, 6) is 0.0270. The van der Waals surface area contributed by atoms with E-state index in [1.807, 2.05) is 6.07 Å². The number of benzene rings is 2. The van der Waals surface area contributed by atoms with Gasteiger partial charge in [-0.25, -0.2) is 4.39 Å². The third kappa shape index (κ3) is 2.63. The predicted molar refractivity (Wildman–Crippen MR) is 70.5 cm³/mol. The Bertz CT molecular complexity index is 543. The van der Waals surface area contributed by atoms with Crippen molar-refractivity contribution < 1.29 is 9.13 Å². The molecular formula is C14H13ClFNO. The minimum absolute atomic E-state index is 0.0117. The van der Waals surface area contributed by atoms with Gasteiger partial charge in [-0.2, -0.15) is 0 Å². The molecule has 2 aromatic carbocycles. The Morgan fingerprint density at radius 1 is 1.17 bits per heavy atom. The average molecular weight is 266 g/mol. The van der Waals surface area contributed by atoms with E-state index < -0.39 is 11.9 Å². The Morgan fingerprint density at radius 3 is 2.44 bits per heavy atom. The van der Waals surface area contributed by atoms with Crippen LogP contribution in [0.25, 0.3) is 0 Å². The van der Waals surface area contributed by atoms with Crippen LogP contribution in [-0.2, 0) is 0 Å². The highest BCUT2D eigenvalue weighted by Crippen LogP contribution is 2.35. The van der Waals surface area contributed by atoms with Crippen molar-refractivity contribution >= 4 is 11.6 Å². The quantitative estimate of drug-likeness (QED) is 0.898. The van der Waals surface area contributed by atoms with Crippen LogP contribution < -0.4 is 10.5 Å². The third-order valence-electron chi connectivity index (χ3n) is 2.53. The maximum atomic E-state index is 14.2. The van der Waals surface area contributed by atoms with Crippen LogP contribution in [0.1, 0.15) is 18.5 Å². The largest absolute Gasteiger partial charge is 0.453 e. The van der Waals surface area contributed by atoms with Gasteiger partial charge in [0.15, 0.2) is 11.6 Å². The van der Waals surface area contributed by atoms with E-state index in [4.69, 9.17) is 22.1 Å². The zero-order valence-corrected chi connectivity index (χ0v) is 10.6. The van der Waals surface area contributed by atoms with Crippen LogP contribution in [0.2, 0.25) is 5.02 Å². The molecule has 0 fully saturated rings. The molecule has 0 aliphatic heterocycles. The van der Waals surface area contributed by atoms with E-state index in [2.05, 4.69) is 0 Å². The van der Waals surface area contributed by atoms with Gasteiger partial charge in [0, 0.05) is 11.6 Å². The minimum Gasteiger partial charge on any atom is -0.453 e. The van der Waals surface area contributed by atoms with E-state index in [-0.39, 0.29) is 10.8 Å². The van der Waals surface area contributed by atoms with Crippen LogP contribution >= 0.6 is 11.6 Å². The average Bonchev–Trinajstić information content (AvgIpc) is 2.35. The fraction of sp³-hybridized carbons (Fsp3) is 0.143. The van der Waals surface area contributed by atoms with E-state index >= 15 is 0 Å². The monoisotopic (exact) mass is 265 g/mol. The Hall–Kier alpha value is -1.58. The first-order valence-corrected chi connectivity index (χ1v) is 5.93. The van der Waals surface area contributed by atoms with Gasteiger partial charge in [0.1, 0.15) is 5.75 Å². The maximum absolute atomic E-state index is 14.2. The topological polar surface area (TPSA) is 35.2 Å². The summed E-state index contributed by atoms with van der Waals surface area (Å²) in [4.78, 5) is 0. The van der Waals surface area contributed by atoms with Gasteiger partial charge in [0.2, 0.25) is 0 Å². The molecule has 2 N–H and O–H groups in total. The molecule has 0 unspecified atom stereocenters. The lowest BCUT2D eigenvalue weighted by molar-refractivity contribution is 0.436. The van der Waals surface area contributed by atoms with E-state index in [0.29, 0.717) is 11.3 Å². The number of hydrogen-bond acceptors (Lipinski definition) is 2. The normalized spacial score (nSPS) is 12.2. The Labute approximate surface area is 110 Å². The molecule has 0 radical (unpaired) electrons. The molecule has 0 heterocycles. The van der Waals surface area contributed by atoms with Gasteiger partial charge in [-0.1, -0.05) is 35.9 Å². The standard InChI is InChI=1S/C14H13ClFNO/c1-9(17)11-7-8-12(15)14(13(11)16)18-10-5-3-2-4-6-10/h2-9H,17H2,1H3/t9-/m1/s1. The zero-order chi connectivity index (χ0) is 13.1. The summed E-state index contributed by atoms with van der Waals surface area (Å²) in [5.41, 5.74) is 6.07. The van der Waals surface area contributed by atoms with Crippen molar-refractivity contribution in [2.75, 3.05) is 0 Å². The first-order valence-electron chi connectivity index (χ1n) is 5.56. The molecule has 0 saturated carbocycles. The van der Waals surface area contributed by atoms with Crippen LogP contribution in [0.3, 0.4) is 0 Å². The number of hydrogen-bond donors (Lipinski definition) is 1. The maximum Gasteiger partial charge on any atom is 0.181 e. The van der Waals surface area contributed by atoms with Gasteiger partial charge < -0.3 is 10.5 Å². The Morgan fingerprint density at radius 2 is 1.83 bits per heavy atom. The van der Waals surface area contributed by atoms with Crippen molar-refractivity contribution in [2.24, 2.45) is 5.73 Å². The summed E-state index contributed by atoms with van der Waals surface area (Å²) < 4.78 is 19.6. The highest BCUT2D eigenvalue weighted by atomic mass is 35.5. The molecule has 4 heteroatoms. The second-order valence-electron chi connectivity index (χ2n) is 3.98. The van der Waals surface area contributed by atoms with Crippen molar-refractivity contribution in [1.29, 1.82) is 0 Å². The highest BCUT2D eigenvalue weighted by molar-refractivity contribution is 6.32. The van der Waals surface area contributed by atoms with Crippen molar-refractivity contribution in [2.45, 2.75) is 13.0 Å². The van der Waals surface area contributed by atoms with Crippen LogP contribution in [0.15, 0.2) is 42.5 Å². The number of halogens is 2. The number of rotatable bonds is 3. The lowest BCUT2D eigenvalue weighted by Gasteiger charge is -2.13. The smallest absolute Gasteiger partial charge is 0.181 e. The molecule has 0 spiro atoms. The molecule has 0 aromatic heterocycles. The molecule has 0 aliphatic rings. The van der Waals surface area contributed by atoms with Crippen LogP contribution in [0.5, 0.6) is 11.5 Å². The number of ether oxygens (including phenoxy) is 1. The first kappa shape index (κ1) is 12.9. The van der Waals surface area contributed by atoms with E-state index in [9.17, 15) is 4.39 Å². The molecule has 94 valence electrons. The van der Waals surface area contributed by atoms with E-state index in [0.717, 1.165) is 0 Å². The summed E-state index contributed by atoms with van der Waals surface area (Å²) in [7, 11) is 0. The lowest BCUT2D eigenvalue weighted by Crippen LogP contribution is -2.08. The van der Waals surface area contributed by atoms with E-state index in [1.165, 1.54) is 0 Å². The molecule has 0 saturated heterocycles.